The Balaban J connectivity index is 1.84. The first-order chi connectivity index (χ1) is 13.0. The number of benzene rings is 2. The van der Waals surface area contributed by atoms with Crippen LogP contribution in [0.3, 0.4) is 0 Å². The zero-order chi connectivity index (χ0) is 19.1. The van der Waals surface area contributed by atoms with Gasteiger partial charge >= 0.3 is 5.97 Å². The van der Waals surface area contributed by atoms with E-state index < -0.39 is 11.9 Å². The van der Waals surface area contributed by atoms with Crippen molar-refractivity contribution in [2.24, 2.45) is 0 Å². The molecule has 2 aliphatic rings. The predicted molar refractivity (Wildman–Crippen MR) is 105 cm³/mol. The monoisotopic (exact) mass is 401 g/mol. The lowest BCUT2D eigenvalue weighted by atomic mass is 9.84. The first kappa shape index (κ1) is 18.1. The van der Waals surface area contributed by atoms with Crippen molar-refractivity contribution in [1.82, 2.24) is 0 Å². The summed E-state index contributed by atoms with van der Waals surface area (Å²) in [6.07, 6.45) is 1.02. The average molecular weight is 402 g/mol. The van der Waals surface area contributed by atoms with Crippen LogP contribution in [0.5, 0.6) is 0 Å². The molecular formula is C21H17Cl2NO3. The second kappa shape index (κ2) is 7.02. The SMILES string of the molecule is CCc1ccc(N2C(=O)CC(c3c(Cl)cccc3Cl)C3=C2COC3=O)cc1. The normalized spacial score (nSPS) is 19.4. The molecule has 27 heavy (non-hydrogen) atoms. The number of hydrogen-bond donors (Lipinski definition) is 0. The summed E-state index contributed by atoms with van der Waals surface area (Å²) in [6.45, 7) is 2.14. The third-order valence-corrected chi connectivity index (χ3v) is 5.73. The van der Waals surface area contributed by atoms with E-state index in [0.717, 1.165) is 12.1 Å². The van der Waals surface area contributed by atoms with Crippen LogP contribution in [-0.4, -0.2) is 18.5 Å². The maximum atomic E-state index is 13.0. The lowest BCUT2D eigenvalue weighted by Gasteiger charge is -2.32. The van der Waals surface area contributed by atoms with Gasteiger partial charge in [-0.1, -0.05) is 48.3 Å². The second-order valence-corrected chi connectivity index (χ2v) is 7.39. The Morgan fingerprint density at radius 2 is 1.74 bits per heavy atom. The van der Waals surface area contributed by atoms with E-state index >= 15 is 0 Å². The van der Waals surface area contributed by atoms with Crippen molar-refractivity contribution in [3.05, 3.63) is 74.9 Å². The Bertz CT molecular complexity index is 946. The minimum absolute atomic E-state index is 0.0635. The molecular weight excluding hydrogens is 385 g/mol. The number of carbonyl (C=O) groups excluding carboxylic acids is 2. The van der Waals surface area contributed by atoms with Gasteiger partial charge in [-0.25, -0.2) is 4.79 Å². The zero-order valence-electron chi connectivity index (χ0n) is 14.7. The topological polar surface area (TPSA) is 46.6 Å². The molecule has 0 radical (unpaired) electrons. The van der Waals surface area contributed by atoms with Crippen molar-refractivity contribution in [3.8, 4) is 0 Å². The van der Waals surface area contributed by atoms with Crippen LogP contribution < -0.4 is 4.90 Å². The summed E-state index contributed by atoms with van der Waals surface area (Å²) >= 11 is 12.7. The van der Waals surface area contributed by atoms with Gasteiger partial charge in [0.15, 0.2) is 0 Å². The number of anilines is 1. The van der Waals surface area contributed by atoms with E-state index in [4.69, 9.17) is 27.9 Å². The Hall–Kier alpha value is -2.30. The zero-order valence-corrected chi connectivity index (χ0v) is 16.2. The summed E-state index contributed by atoms with van der Waals surface area (Å²) in [5, 5.41) is 0.875. The van der Waals surface area contributed by atoms with Gasteiger partial charge in [-0.3, -0.25) is 9.69 Å². The molecule has 2 aliphatic heterocycles. The van der Waals surface area contributed by atoms with Gasteiger partial charge in [-0.05, 0) is 41.8 Å². The number of esters is 1. The molecule has 0 spiro atoms. The molecule has 0 saturated heterocycles. The van der Waals surface area contributed by atoms with Gasteiger partial charge in [0, 0.05) is 28.1 Å². The fraction of sp³-hybridized carbons (Fsp3) is 0.238. The molecule has 1 unspecified atom stereocenters. The molecule has 0 bridgehead atoms. The van der Waals surface area contributed by atoms with Crippen LogP contribution in [0.25, 0.3) is 0 Å². The van der Waals surface area contributed by atoms with Crippen LogP contribution in [0.2, 0.25) is 10.0 Å². The molecule has 4 rings (SSSR count). The van der Waals surface area contributed by atoms with Crippen molar-refractivity contribution in [2.45, 2.75) is 25.7 Å². The smallest absolute Gasteiger partial charge is 0.336 e. The van der Waals surface area contributed by atoms with Crippen molar-refractivity contribution in [1.29, 1.82) is 0 Å². The fourth-order valence-corrected chi connectivity index (χ4v) is 4.39. The number of carbonyl (C=O) groups is 2. The number of cyclic esters (lactones) is 1. The first-order valence-electron chi connectivity index (χ1n) is 8.77. The number of ether oxygens (including phenoxy) is 1. The van der Waals surface area contributed by atoms with Crippen LogP contribution in [0.4, 0.5) is 5.69 Å². The minimum atomic E-state index is -0.505. The summed E-state index contributed by atoms with van der Waals surface area (Å²) in [5.74, 6) is -1.04. The van der Waals surface area contributed by atoms with Crippen molar-refractivity contribution in [3.63, 3.8) is 0 Å². The molecule has 0 N–H and O–H groups in total. The van der Waals surface area contributed by atoms with Crippen molar-refractivity contribution < 1.29 is 14.3 Å². The summed E-state index contributed by atoms with van der Waals surface area (Å²) < 4.78 is 5.28. The molecule has 6 heteroatoms. The van der Waals surface area contributed by atoms with Crippen LogP contribution >= 0.6 is 23.2 Å². The van der Waals surface area contributed by atoms with Crippen LogP contribution in [0, 0.1) is 0 Å². The van der Waals surface area contributed by atoms with E-state index in [2.05, 4.69) is 6.92 Å². The molecule has 0 aromatic heterocycles. The number of aryl methyl sites for hydroxylation is 1. The number of nitrogens with zero attached hydrogens (tertiary/aromatic N) is 1. The van der Waals surface area contributed by atoms with Gasteiger partial charge in [0.25, 0.3) is 0 Å². The predicted octanol–water partition coefficient (Wildman–Crippen LogP) is 4.89. The van der Waals surface area contributed by atoms with Gasteiger partial charge in [0.05, 0.1) is 11.3 Å². The Labute approximate surface area is 167 Å². The summed E-state index contributed by atoms with van der Waals surface area (Å²) in [7, 11) is 0. The van der Waals surface area contributed by atoms with E-state index in [1.54, 1.807) is 23.1 Å². The van der Waals surface area contributed by atoms with Crippen molar-refractivity contribution in [2.75, 3.05) is 11.5 Å². The van der Waals surface area contributed by atoms with Crippen LogP contribution in [0.1, 0.15) is 30.4 Å². The van der Waals surface area contributed by atoms with Gasteiger partial charge in [0.2, 0.25) is 5.91 Å². The first-order valence-corrected chi connectivity index (χ1v) is 9.52. The standard InChI is InChI=1S/C21H17Cl2NO3/c1-2-12-6-8-13(9-7-12)24-17-11-27-21(26)20(17)14(10-18(24)25)19-15(22)4-3-5-16(19)23/h3-9,14H,2,10-11H2,1H3. The maximum Gasteiger partial charge on any atom is 0.336 e. The molecule has 1 amide bonds. The van der Waals surface area contributed by atoms with Gasteiger partial charge < -0.3 is 4.74 Å². The highest BCUT2D eigenvalue weighted by atomic mass is 35.5. The van der Waals surface area contributed by atoms with E-state index in [9.17, 15) is 9.59 Å². The molecule has 2 heterocycles. The molecule has 1 atom stereocenters. The highest BCUT2D eigenvalue weighted by Gasteiger charge is 2.44. The second-order valence-electron chi connectivity index (χ2n) is 6.58. The van der Waals surface area contributed by atoms with Crippen LogP contribution in [0.15, 0.2) is 53.7 Å². The number of halogens is 2. The Morgan fingerprint density at radius 1 is 1.07 bits per heavy atom. The van der Waals surface area contributed by atoms with Gasteiger partial charge in [0.1, 0.15) is 6.61 Å². The largest absolute Gasteiger partial charge is 0.456 e. The highest BCUT2D eigenvalue weighted by Crippen LogP contribution is 2.45. The molecule has 2 aromatic rings. The third-order valence-electron chi connectivity index (χ3n) is 5.07. The van der Waals surface area contributed by atoms with E-state index in [1.165, 1.54) is 5.56 Å². The highest BCUT2D eigenvalue weighted by molar-refractivity contribution is 6.36. The Morgan fingerprint density at radius 3 is 2.37 bits per heavy atom. The quantitative estimate of drug-likeness (QED) is 0.687. The van der Waals surface area contributed by atoms with Gasteiger partial charge in [-0.15, -0.1) is 0 Å². The molecule has 0 aliphatic carbocycles. The third kappa shape index (κ3) is 3.03. The van der Waals surface area contributed by atoms with Crippen LogP contribution in [-0.2, 0) is 20.7 Å². The fourth-order valence-electron chi connectivity index (χ4n) is 3.72. The summed E-state index contributed by atoms with van der Waals surface area (Å²) in [4.78, 5) is 27.1. The average Bonchev–Trinajstić information content (AvgIpc) is 3.03. The molecule has 4 nitrogen and oxygen atoms in total. The minimum Gasteiger partial charge on any atom is -0.456 e. The van der Waals surface area contributed by atoms with Gasteiger partial charge in [-0.2, -0.15) is 0 Å². The summed E-state index contributed by atoms with van der Waals surface area (Å²) in [5.41, 5.74) is 3.54. The van der Waals surface area contributed by atoms with Crippen molar-refractivity contribution >= 4 is 40.8 Å². The molecule has 0 saturated carbocycles. The number of rotatable bonds is 3. The lowest BCUT2D eigenvalue weighted by molar-refractivity contribution is -0.136. The van der Waals surface area contributed by atoms with E-state index in [0.29, 0.717) is 26.9 Å². The molecule has 0 fully saturated rings. The molecule has 2 aromatic carbocycles. The Kier molecular flexibility index (Phi) is 4.70. The van der Waals surface area contributed by atoms with E-state index in [1.807, 2.05) is 24.3 Å². The maximum absolute atomic E-state index is 13.0. The number of hydrogen-bond acceptors (Lipinski definition) is 3. The molecule has 138 valence electrons. The number of amides is 1. The summed E-state index contributed by atoms with van der Waals surface area (Å²) in [6, 6.07) is 12.9. The lowest BCUT2D eigenvalue weighted by Crippen LogP contribution is -2.37. The van der Waals surface area contributed by atoms with E-state index in [-0.39, 0.29) is 18.9 Å².